The number of anilines is 1. The molecule has 11 heteroatoms. The third-order valence-corrected chi connectivity index (χ3v) is 5.65. The molecule has 0 atom stereocenters. The third-order valence-electron chi connectivity index (χ3n) is 4.27. The van der Waals surface area contributed by atoms with Gasteiger partial charge in [0.15, 0.2) is 11.6 Å². The number of hydrogen-bond acceptors (Lipinski definition) is 5. The van der Waals surface area contributed by atoms with Crippen LogP contribution in [-0.4, -0.2) is 35.6 Å². The lowest BCUT2D eigenvalue weighted by Gasteiger charge is -2.10. The Kier molecular flexibility index (Phi) is 6.40. The largest absolute Gasteiger partial charge is 0.352 e. The number of amides is 1. The summed E-state index contributed by atoms with van der Waals surface area (Å²) in [6, 6.07) is 8.00. The molecule has 2 aromatic carbocycles. The lowest BCUT2D eigenvalue weighted by molar-refractivity contribution is 0.0954. The fourth-order valence-corrected chi connectivity index (χ4v) is 3.74. The predicted octanol–water partition coefficient (Wildman–Crippen LogP) is 2.35. The molecule has 1 aromatic heterocycles. The summed E-state index contributed by atoms with van der Waals surface area (Å²) in [5.74, 6) is -1.96. The second kappa shape index (κ2) is 8.99. The van der Waals surface area contributed by atoms with Crippen molar-refractivity contribution in [3.63, 3.8) is 0 Å². The summed E-state index contributed by atoms with van der Waals surface area (Å²) < 4.78 is 55.0. The van der Waals surface area contributed by atoms with Crippen LogP contribution in [0.1, 0.15) is 23.1 Å². The van der Waals surface area contributed by atoms with E-state index in [1.54, 1.807) is 6.33 Å². The van der Waals surface area contributed by atoms with Crippen molar-refractivity contribution in [1.82, 2.24) is 20.1 Å². The fraction of sp³-hybridized carbons (Fsp3) is 0.211. The van der Waals surface area contributed by atoms with Gasteiger partial charge in [0.05, 0.1) is 4.90 Å². The Balaban J connectivity index is 1.60. The molecule has 0 saturated heterocycles. The minimum atomic E-state index is -4.10. The summed E-state index contributed by atoms with van der Waals surface area (Å²) in [5.41, 5.74) is 0.509. The van der Waals surface area contributed by atoms with Crippen LogP contribution >= 0.6 is 0 Å². The highest BCUT2D eigenvalue weighted by molar-refractivity contribution is 7.92. The molecule has 0 unspecified atom stereocenters. The third kappa shape index (κ3) is 4.98. The molecular formula is C19H19F2N5O3S. The first kappa shape index (κ1) is 21.4. The number of carbonyl (C=O) groups excluding carboxylic acids is 1. The summed E-state index contributed by atoms with van der Waals surface area (Å²) in [7, 11) is -4.10. The summed E-state index contributed by atoms with van der Waals surface area (Å²) in [6.45, 7) is 3.06. The van der Waals surface area contributed by atoms with Crippen molar-refractivity contribution in [2.45, 2.75) is 24.8 Å². The lowest BCUT2D eigenvalue weighted by Crippen LogP contribution is -2.26. The molecule has 0 saturated carbocycles. The van der Waals surface area contributed by atoms with Crippen molar-refractivity contribution < 1.29 is 22.0 Å². The van der Waals surface area contributed by atoms with E-state index in [2.05, 4.69) is 20.2 Å². The number of carbonyl (C=O) groups is 1. The monoisotopic (exact) mass is 435 g/mol. The van der Waals surface area contributed by atoms with Gasteiger partial charge in [-0.05, 0) is 49.4 Å². The molecule has 0 radical (unpaired) electrons. The Morgan fingerprint density at radius 2 is 1.83 bits per heavy atom. The molecule has 3 aromatic rings. The minimum Gasteiger partial charge on any atom is -0.352 e. The predicted molar refractivity (Wildman–Crippen MR) is 105 cm³/mol. The second-order valence-corrected chi connectivity index (χ2v) is 7.98. The highest BCUT2D eigenvalue weighted by Crippen LogP contribution is 2.18. The first-order valence-electron chi connectivity index (χ1n) is 9.03. The maximum atomic E-state index is 13.3. The quantitative estimate of drug-likeness (QED) is 0.565. The van der Waals surface area contributed by atoms with Gasteiger partial charge < -0.3 is 9.88 Å². The number of rotatable bonds is 8. The molecule has 0 fully saturated rings. The summed E-state index contributed by atoms with van der Waals surface area (Å²) >= 11 is 0. The van der Waals surface area contributed by atoms with Crippen LogP contribution in [0, 0.1) is 11.6 Å². The Morgan fingerprint density at radius 3 is 2.50 bits per heavy atom. The van der Waals surface area contributed by atoms with Crippen LogP contribution in [0.2, 0.25) is 0 Å². The van der Waals surface area contributed by atoms with E-state index in [1.165, 1.54) is 24.3 Å². The van der Waals surface area contributed by atoms with Gasteiger partial charge in [-0.2, -0.15) is 0 Å². The van der Waals surface area contributed by atoms with Crippen molar-refractivity contribution in [2.24, 2.45) is 0 Å². The van der Waals surface area contributed by atoms with Crippen LogP contribution in [0.3, 0.4) is 0 Å². The summed E-state index contributed by atoms with van der Waals surface area (Å²) in [6.07, 6.45) is 2.14. The number of nitrogens with one attached hydrogen (secondary N) is 2. The van der Waals surface area contributed by atoms with Gasteiger partial charge in [-0.3, -0.25) is 9.52 Å². The van der Waals surface area contributed by atoms with Gasteiger partial charge in [0.1, 0.15) is 12.2 Å². The van der Waals surface area contributed by atoms with Gasteiger partial charge in [-0.15, -0.1) is 10.2 Å². The average Bonchev–Trinajstić information content (AvgIpc) is 3.17. The summed E-state index contributed by atoms with van der Waals surface area (Å²) in [5, 5.41) is 10.6. The van der Waals surface area contributed by atoms with E-state index in [0.717, 1.165) is 24.5 Å². The van der Waals surface area contributed by atoms with Crippen LogP contribution in [0.5, 0.6) is 0 Å². The molecular weight excluding hydrogens is 416 g/mol. The standard InChI is InChI=1S/C19H19F2N5O3S/c1-2-26-12-23-24-18(26)9-10-22-19(27)13-3-5-14(6-4-13)25-30(28,29)15-7-8-16(20)17(21)11-15/h3-8,11-12,25H,2,9-10H2,1H3,(H,22,27). The van der Waals surface area contributed by atoms with E-state index in [0.29, 0.717) is 24.6 Å². The van der Waals surface area contributed by atoms with Gasteiger partial charge in [0, 0.05) is 30.8 Å². The van der Waals surface area contributed by atoms with Gasteiger partial charge in [0.2, 0.25) is 0 Å². The molecule has 0 spiro atoms. The molecule has 0 aliphatic carbocycles. The van der Waals surface area contributed by atoms with Gasteiger partial charge in [-0.25, -0.2) is 17.2 Å². The van der Waals surface area contributed by atoms with Gasteiger partial charge in [-0.1, -0.05) is 0 Å². The highest BCUT2D eigenvalue weighted by Gasteiger charge is 2.17. The SMILES string of the molecule is CCn1cnnc1CCNC(=O)c1ccc(NS(=O)(=O)c2ccc(F)c(F)c2)cc1. The zero-order valence-electron chi connectivity index (χ0n) is 16.0. The molecule has 8 nitrogen and oxygen atoms in total. The number of sulfonamides is 1. The number of aryl methyl sites for hydroxylation is 1. The average molecular weight is 435 g/mol. The highest BCUT2D eigenvalue weighted by atomic mass is 32.2. The topological polar surface area (TPSA) is 106 Å². The Bertz CT molecular complexity index is 1150. The van der Waals surface area contributed by atoms with Crippen LogP contribution < -0.4 is 10.0 Å². The van der Waals surface area contributed by atoms with E-state index < -0.39 is 26.6 Å². The normalized spacial score (nSPS) is 11.3. The first-order valence-corrected chi connectivity index (χ1v) is 10.5. The molecule has 1 heterocycles. The molecule has 0 aliphatic rings. The lowest BCUT2D eigenvalue weighted by atomic mass is 10.2. The van der Waals surface area contributed by atoms with Gasteiger partial charge >= 0.3 is 0 Å². The zero-order chi connectivity index (χ0) is 21.7. The van der Waals surface area contributed by atoms with Crippen LogP contribution in [0.4, 0.5) is 14.5 Å². The molecule has 0 bridgehead atoms. The first-order chi connectivity index (χ1) is 14.3. The van der Waals surface area contributed by atoms with Crippen molar-refractivity contribution in [3.05, 3.63) is 71.8 Å². The van der Waals surface area contributed by atoms with Gasteiger partial charge in [0.25, 0.3) is 15.9 Å². The smallest absolute Gasteiger partial charge is 0.261 e. The molecule has 0 aliphatic heterocycles. The fourth-order valence-electron chi connectivity index (χ4n) is 2.67. The van der Waals surface area contributed by atoms with Crippen molar-refractivity contribution >= 4 is 21.6 Å². The van der Waals surface area contributed by atoms with E-state index in [1.807, 2.05) is 11.5 Å². The molecule has 1 amide bonds. The second-order valence-electron chi connectivity index (χ2n) is 6.30. The van der Waals surface area contributed by atoms with E-state index in [4.69, 9.17) is 0 Å². The van der Waals surface area contributed by atoms with Crippen LogP contribution in [0.15, 0.2) is 53.7 Å². The Morgan fingerprint density at radius 1 is 1.10 bits per heavy atom. The maximum Gasteiger partial charge on any atom is 0.261 e. The Labute approximate surface area is 172 Å². The van der Waals surface area contributed by atoms with Crippen LogP contribution in [-0.2, 0) is 23.0 Å². The number of hydrogen-bond donors (Lipinski definition) is 2. The molecule has 158 valence electrons. The number of nitrogens with zero attached hydrogens (tertiary/aromatic N) is 3. The summed E-state index contributed by atoms with van der Waals surface area (Å²) in [4.78, 5) is 11.8. The van der Waals surface area contributed by atoms with E-state index >= 15 is 0 Å². The zero-order valence-corrected chi connectivity index (χ0v) is 16.8. The van der Waals surface area contributed by atoms with Crippen LogP contribution in [0.25, 0.3) is 0 Å². The molecule has 30 heavy (non-hydrogen) atoms. The van der Waals surface area contributed by atoms with Crippen molar-refractivity contribution in [3.8, 4) is 0 Å². The number of aromatic nitrogens is 3. The van der Waals surface area contributed by atoms with Crippen molar-refractivity contribution in [2.75, 3.05) is 11.3 Å². The maximum absolute atomic E-state index is 13.3. The minimum absolute atomic E-state index is 0.173. The number of benzene rings is 2. The molecule has 2 N–H and O–H groups in total. The number of halogens is 2. The van der Waals surface area contributed by atoms with E-state index in [-0.39, 0.29) is 11.6 Å². The van der Waals surface area contributed by atoms with Crippen molar-refractivity contribution in [1.29, 1.82) is 0 Å². The molecule has 3 rings (SSSR count). The van der Waals surface area contributed by atoms with E-state index in [9.17, 15) is 22.0 Å². The Hall–Kier alpha value is -3.34.